The van der Waals surface area contributed by atoms with E-state index in [4.69, 9.17) is 0 Å². The number of aromatic hydroxyl groups is 2. The summed E-state index contributed by atoms with van der Waals surface area (Å²) in [5.74, 6) is -0.992. The second-order valence-corrected chi connectivity index (χ2v) is 5.78. The molecule has 0 aliphatic carbocycles. The summed E-state index contributed by atoms with van der Waals surface area (Å²) in [7, 11) is 0. The number of halogens is 1. The molecule has 24 heavy (non-hydrogen) atoms. The van der Waals surface area contributed by atoms with Crippen LogP contribution in [0.15, 0.2) is 36.5 Å². The summed E-state index contributed by atoms with van der Waals surface area (Å²) in [6, 6.07) is 7.79. The van der Waals surface area contributed by atoms with E-state index in [1.807, 2.05) is 0 Å². The minimum Gasteiger partial charge on any atom is -0.506 e. The highest BCUT2D eigenvalue weighted by Gasteiger charge is 2.29. The molecule has 1 amide bonds. The summed E-state index contributed by atoms with van der Waals surface area (Å²) in [5, 5.41) is 23.6. The summed E-state index contributed by atoms with van der Waals surface area (Å²) < 4.78 is 13.0. The molecule has 0 atom stereocenters. The number of nitrogens with one attached hydrogen (secondary N) is 1. The number of aromatic nitrogens is 1. The molecule has 6 heteroatoms. The lowest BCUT2D eigenvalue weighted by atomic mass is 9.99. The zero-order chi connectivity index (χ0) is 16.8. The quantitative estimate of drug-likeness (QED) is 0.633. The van der Waals surface area contributed by atoms with E-state index in [2.05, 4.69) is 10.3 Å². The van der Waals surface area contributed by atoms with E-state index in [1.165, 1.54) is 12.1 Å². The van der Waals surface area contributed by atoms with Crippen molar-refractivity contribution in [2.75, 3.05) is 0 Å². The number of benzene rings is 2. The highest BCUT2D eigenvalue weighted by Crippen LogP contribution is 2.40. The van der Waals surface area contributed by atoms with Gasteiger partial charge in [0.2, 0.25) is 0 Å². The molecule has 0 saturated heterocycles. The van der Waals surface area contributed by atoms with Crippen LogP contribution in [-0.4, -0.2) is 21.1 Å². The molecule has 0 bridgehead atoms. The lowest BCUT2D eigenvalue weighted by molar-refractivity contribution is 0.0963. The first-order valence-electron chi connectivity index (χ1n) is 7.42. The van der Waals surface area contributed by atoms with Crippen LogP contribution in [0, 0.1) is 5.82 Å². The highest BCUT2D eigenvalue weighted by molar-refractivity contribution is 6.08. The van der Waals surface area contributed by atoms with E-state index in [0.717, 1.165) is 11.1 Å². The number of amides is 1. The van der Waals surface area contributed by atoms with E-state index in [0.29, 0.717) is 17.4 Å². The maximum absolute atomic E-state index is 13.0. The van der Waals surface area contributed by atoms with Crippen LogP contribution in [0.4, 0.5) is 4.39 Å². The van der Waals surface area contributed by atoms with Crippen LogP contribution in [0.5, 0.6) is 11.5 Å². The molecule has 0 radical (unpaired) electrons. The normalized spacial score (nSPS) is 13.1. The predicted molar refractivity (Wildman–Crippen MR) is 85.4 cm³/mol. The first-order valence-corrected chi connectivity index (χ1v) is 7.42. The monoisotopic (exact) mass is 324 g/mol. The molecule has 0 unspecified atom stereocenters. The number of fused-ring (bicyclic) bond motifs is 2. The third kappa shape index (κ3) is 2.15. The number of nitrogens with zero attached hydrogens (tertiary/aromatic N) is 1. The van der Waals surface area contributed by atoms with E-state index < -0.39 is 5.91 Å². The van der Waals surface area contributed by atoms with Gasteiger partial charge in [0.15, 0.2) is 0 Å². The first kappa shape index (κ1) is 14.4. The van der Waals surface area contributed by atoms with E-state index in [9.17, 15) is 19.4 Å². The van der Waals surface area contributed by atoms with Crippen LogP contribution < -0.4 is 5.32 Å². The van der Waals surface area contributed by atoms with Gasteiger partial charge in [0, 0.05) is 23.7 Å². The van der Waals surface area contributed by atoms with Crippen LogP contribution in [-0.2, 0) is 13.0 Å². The molecule has 3 aromatic rings. The second kappa shape index (κ2) is 5.19. The van der Waals surface area contributed by atoms with Gasteiger partial charge in [0.1, 0.15) is 22.8 Å². The van der Waals surface area contributed by atoms with Gasteiger partial charge in [-0.15, -0.1) is 0 Å². The molecule has 2 aromatic carbocycles. The van der Waals surface area contributed by atoms with Crippen LogP contribution >= 0.6 is 0 Å². The first-order chi connectivity index (χ1) is 11.5. The fraction of sp³-hybridized carbons (Fsp3) is 0.111. The number of rotatable bonds is 2. The maximum Gasteiger partial charge on any atom is 0.255 e. The Morgan fingerprint density at radius 3 is 2.62 bits per heavy atom. The summed E-state index contributed by atoms with van der Waals surface area (Å²) >= 11 is 0. The Kier molecular flexibility index (Phi) is 3.13. The van der Waals surface area contributed by atoms with Crippen molar-refractivity contribution in [3.63, 3.8) is 0 Å². The van der Waals surface area contributed by atoms with Gasteiger partial charge in [-0.05, 0) is 35.7 Å². The molecular weight excluding hydrogens is 311 g/mol. The van der Waals surface area contributed by atoms with Crippen molar-refractivity contribution < 1.29 is 19.4 Å². The zero-order valence-electron chi connectivity index (χ0n) is 12.5. The largest absolute Gasteiger partial charge is 0.506 e. The number of hydrogen-bond acceptors (Lipinski definition) is 4. The van der Waals surface area contributed by atoms with Crippen LogP contribution in [0.3, 0.4) is 0 Å². The number of phenolic OH excluding ortho intramolecular Hbond substituents is 2. The summed E-state index contributed by atoms with van der Waals surface area (Å²) in [4.78, 5) is 16.1. The van der Waals surface area contributed by atoms with Crippen LogP contribution in [0.1, 0.15) is 27.0 Å². The number of carbonyl (C=O) groups is 1. The van der Waals surface area contributed by atoms with Gasteiger partial charge in [-0.3, -0.25) is 9.78 Å². The van der Waals surface area contributed by atoms with E-state index >= 15 is 0 Å². The average Bonchev–Trinajstić information content (AvgIpc) is 2.97. The Balaban J connectivity index is 1.83. The van der Waals surface area contributed by atoms with Crippen LogP contribution in [0.2, 0.25) is 0 Å². The molecule has 1 aliphatic rings. The van der Waals surface area contributed by atoms with Crippen molar-refractivity contribution >= 4 is 16.8 Å². The second-order valence-electron chi connectivity index (χ2n) is 5.78. The fourth-order valence-corrected chi connectivity index (χ4v) is 3.02. The number of carbonyl (C=O) groups excluding carboxylic acids is 1. The Hall–Kier alpha value is -3.15. The third-order valence-electron chi connectivity index (χ3n) is 4.22. The fourth-order valence-electron chi connectivity index (χ4n) is 3.02. The molecule has 0 fully saturated rings. The van der Waals surface area contributed by atoms with Gasteiger partial charge < -0.3 is 15.5 Å². The zero-order valence-corrected chi connectivity index (χ0v) is 12.5. The van der Waals surface area contributed by atoms with Gasteiger partial charge in [0.05, 0.1) is 5.56 Å². The van der Waals surface area contributed by atoms with E-state index in [1.54, 1.807) is 24.4 Å². The molecule has 0 saturated carbocycles. The smallest absolute Gasteiger partial charge is 0.255 e. The van der Waals surface area contributed by atoms with Crippen molar-refractivity contribution in [3.8, 4) is 11.5 Å². The lowest BCUT2D eigenvalue weighted by Gasteiger charge is -2.10. The molecule has 2 heterocycles. The molecule has 120 valence electrons. The van der Waals surface area contributed by atoms with Gasteiger partial charge >= 0.3 is 0 Å². The molecule has 1 aliphatic heterocycles. The molecule has 1 aromatic heterocycles. The third-order valence-corrected chi connectivity index (χ3v) is 4.22. The van der Waals surface area contributed by atoms with Crippen molar-refractivity contribution in [2.24, 2.45) is 0 Å². The Bertz CT molecular complexity index is 984. The minimum atomic E-state index is -0.413. The van der Waals surface area contributed by atoms with Gasteiger partial charge in [-0.25, -0.2) is 4.39 Å². The Morgan fingerprint density at radius 2 is 1.88 bits per heavy atom. The molecule has 5 nitrogen and oxygen atoms in total. The van der Waals surface area contributed by atoms with E-state index in [-0.39, 0.29) is 34.9 Å². The maximum atomic E-state index is 13.0. The van der Waals surface area contributed by atoms with Crippen molar-refractivity contribution in [2.45, 2.75) is 13.0 Å². The molecule has 0 spiro atoms. The molecular formula is C18H13FN2O3. The van der Waals surface area contributed by atoms with Crippen molar-refractivity contribution in [3.05, 3.63) is 64.6 Å². The molecule has 4 rings (SSSR count). The summed E-state index contributed by atoms with van der Waals surface area (Å²) in [5.41, 5.74) is 2.39. The highest BCUT2D eigenvalue weighted by atomic mass is 19.1. The molecule has 3 N–H and O–H groups in total. The van der Waals surface area contributed by atoms with Gasteiger partial charge in [-0.2, -0.15) is 0 Å². The van der Waals surface area contributed by atoms with Gasteiger partial charge in [0.25, 0.3) is 5.91 Å². The number of phenols is 2. The van der Waals surface area contributed by atoms with Gasteiger partial charge in [-0.1, -0.05) is 12.1 Å². The Labute approximate surface area is 136 Å². The summed E-state index contributed by atoms with van der Waals surface area (Å²) in [6.07, 6.45) is 2.09. The predicted octanol–water partition coefficient (Wildman–Crippen LogP) is 2.62. The Morgan fingerprint density at radius 1 is 1.12 bits per heavy atom. The standard InChI is InChI=1S/C18H13FN2O3/c19-11-3-1-9(2-4-11)5-10-6-12-15(20-7-10)17(23)13-8-21-18(24)14(13)16(12)22/h1-4,6-7,22-23H,5,8H2,(H,21,24). The summed E-state index contributed by atoms with van der Waals surface area (Å²) in [6.45, 7) is 0.169. The lowest BCUT2D eigenvalue weighted by Crippen LogP contribution is -2.12. The SMILES string of the molecule is O=C1NCc2c1c(O)c1cc(Cc3ccc(F)cc3)cnc1c2O. The topological polar surface area (TPSA) is 82.5 Å². The average molecular weight is 324 g/mol. The van der Waals surface area contributed by atoms with Crippen molar-refractivity contribution in [1.82, 2.24) is 10.3 Å². The minimum absolute atomic E-state index is 0.0931. The number of pyridine rings is 1. The van der Waals surface area contributed by atoms with Crippen LogP contribution in [0.25, 0.3) is 10.9 Å². The number of hydrogen-bond donors (Lipinski definition) is 3. The van der Waals surface area contributed by atoms with Crippen molar-refractivity contribution in [1.29, 1.82) is 0 Å².